The summed E-state index contributed by atoms with van der Waals surface area (Å²) >= 11 is 0. The zero-order valence-electron chi connectivity index (χ0n) is 7.63. The molecule has 12 heavy (non-hydrogen) atoms. The summed E-state index contributed by atoms with van der Waals surface area (Å²) in [6.45, 7) is 3.79. The van der Waals surface area contributed by atoms with Crippen LogP contribution in [0.2, 0.25) is 0 Å². The average molecular weight is 166 g/mol. The first-order chi connectivity index (χ1) is 5.77. The summed E-state index contributed by atoms with van der Waals surface area (Å²) in [4.78, 5) is 0. The molecule has 2 aliphatic rings. The number of rotatable bonds is 3. The third-order valence-corrected chi connectivity index (χ3v) is 3.85. The third kappa shape index (κ3) is 1.03. The SMILES string of the molecule is C=CC(O)(C1CCC1)C1CCC1. The van der Waals surface area contributed by atoms with Gasteiger partial charge >= 0.3 is 0 Å². The van der Waals surface area contributed by atoms with Crippen LogP contribution in [0.25, 0.3) is 0 Å². The molecule has 0 aromatic carbocycles. The summed E-state index contributed by atoms with van der Waals surface area (Å²) in [5.41, 5.74) is -0.503. The fourth-order valence-corrected chi connectivity index (χ4v) is 2.41. The van der Waals surface area contributed by atoms with Crippen molar-refractivity contribution in [3.05, 3.63) is 12.7 Å². The Hall–Kier alpha value is -0.300. The third-order valence-electron chi connectivity index (χ3n) is 3.85. The largest absolute Gasteiger partial charge is 0.385 e. The van der Waals surface area contributed by atoms with Gasteiger partial charge in [0.15, 0.2) is 0 Å². The second kappa shape index (κ2) is 2.88. The Morgan fingerprint density at radius 2 is 1.50 bits per heavy atom. The van der Waals surface area contributed by atoms with E-state index in [1.165, 1.54) is 38.5 Å². The lowest BCUT2D eigenvalue weighted by Crippen LogP contribution is -2.48. The highest BCUT2D eigenvalue weighted by atomic mass is 16.3. The zero-order chi connectivity index (χ0) is 8.60. The Morgan fingerprint density at radius 3 is 1.67 bits per heavy atom. The Kier molecular flexibility index (Phi) is 1.99. The second-order valence-corrected chi connectivity index (χ2v) is 4.35. The molecule has 0 atom stereocenters. The fourth-order valence-electron chi connectivity index (χ4n) is 2.41. The summed E-state index contributed by atoms with van der Waals surface area (Å²) in [5.74, 6) is 1.06. The minimum absolute atomic E-state index is 0.503. The van der Waals surface area contributed by atoms with E-state index in [0.717, 1.165) is 0 Å². The van der Waals surface area contributed by atoms with Crippen LogP contribution in [-0.4, -0.2) is 10.7 Å². The van der Waals surface area contributed by atoms with Crippen molar-refractivity contribution in [2.75, 3.05) is 0 Å². The van der Waals surface area contributed by atoms with Crippen molar-refractivity contribution in [2.45, 2.75) is 44.1 Å². The standard InChI is InChI=1S/C11H18O/c1-2-11(12,9-5-3-6-9)10-7-4-8-10/h2,9-10,12H,1,3-8H2. The van der Waals surface area contributed by atoms with Crippen molar-refractivity contribution in [3.8, 4) is 0 Å². The molecular weight excluding hydrogens is 148 g/mol. The molecule has 0 amide bonds. The van der Waals surface area contributed by atoms with E-state index in [1.54, 1.807) is 6.08 Å². The number of aliphatic hydroxyl groups is 1. The van der Waals surface area contributed by atoms with Gasteiger partial charge in [0.05, 0.1) is 5.60 Å². The van der Waals surface area contributed by atoms with Crippen molar-refractivity contribution in [2.24, 2.45) is 11.8 Å². The van der Waals surface area contributed by atoms with E-state index in [9.17, 15) is 5.11 Å². The first-order valence-corrected chi connectivity index (χ1v) is 5.13. The van der Waals surface area contributed by atoms with Gasteiger partial charge in [0.1, 0.15) is 0 Å². The predicted molar refractivity (Wildman–Crippen MR) is 49.8 cm³/mol. The van der Waals surface area contributed by atoms with E-state index in [4.69, 9.17) is 0 Å². The molecule has 0 aliphatic heterocycles. The highest BCUT2D eigenvalue weighted by Gasteiger charge is 2.45. The van der Waals surface area contributed by atoms with E-state index < -0.39 is 5.60 Å². The summed E-state index contributed by atoms with van der Waals surface area (Å²) in [7, 11) is 0. The quantitative estimate of drug-likeness (QED) is 0.639. The molecule has 1 heteroatoms. The van der Waals surface area contributed by atoms with Crippen molar-refractivity contribution < 1.29 is 5.11 Å². The minimum Gasteiger partial charge on any atom is -0.385 e. The first kappa shape index (κ1) is 8.31. The Balaban J connectivity index is 2.05. The van der Waals surface area contributed by atoms with Crippen molar-refractivity contribution in [1.29, 1.82) is 0 Å². The van der Waals surface area contributed by atoms with E-state index in [0.29, 0.717) is 11.8 Å². The molecule has 2 aliphatic carbocycles. The maximum Gasteiger partial charge on any atom is 0.0881 e. The number of hydrogen-bond donors (Lipinski definition) is 1. The van der Waals surface area contributed by atoms with Gasteiger partial charge in [-0.3, -0.25) is 0 Å². The van der Waals surface area contributed by atoms with Crippen molar-refractivity contribution in [3.63, 3.8) is 0 Å². The lowest BCUT2D eigenvalue weighted by atomic mass is 9.61. The molecule has 0 aromatic rings. The van der Waals surface area contributed by atoms with Crippen LogP contribution in [0.4, 0.5) is 0 Å². The molecule has 0 unspecified atom stereocenters. The van der Waals surface area contributed by atoms with Crippen LogP contribution >= 0.6 is 0 Å². The molecule has 1 N–H and O–H groups in total. The van der Waals surface area contributed by atoms with Gasteiger partial charge in [0.25, 0.3) is 0 Å². The maximum atomic E-state index is 10.3. The smallest absolute Gasteiger partial charge is 0.0881 e. The Labute approximate surface area is 74.5 Å². The van der Waals surface area contributed by atoms with E-state index in [-0.39, 0.29) is 0 Å². The highest BCUT2D eigenvalue weighted by Crippen LogP contribution is 2.47. The van der Waals surface area contributed by atoms with Gasteiger partial charge in [-0.2, -0.15) is 0 Å². The second-order valence-electron chi connectivity index (χ2n) is 4.35. The normalized spacial score (nSPS) is 26.1. The van der Waals surface area contributed by atoms with Gasteiger partial charge in [0.2, 0.25) is 0 Å². The first-order valence-electron chi connectivity index (χ1n) is 5.13. The molecule has 0 bridgehead atoms. The van der Waals surface area contributed by atoms with Crippen LogP contribution in [0.3, 0.4) is 0 Å². The molecule has 0 saturated heterocycles. The van der Waals surface area contributed by atoms with Gasteiger partial charge in [-0.15, -0.1) is 6.58 Å². The molecule has 0 radical (unpaired) electrons. The van der Waals surface area contributed by atoms with Crippen LogP contribution < -0.4 is 0 Å². The van der Waals surface area contributed by atoms with Crippen LogP contribution in [0.15, 0.2) is 12.7 Å². The summed E-state index contributed by atoms with van der Waals surface area (Å²) in [6.07, 6.45) is 9.23. The Bertz CT molecular complexity index is 163. The number of hydrogen-bond acceptors (Lipinski definition) is 1. The van der Waals surface area contributed by atoms with E-state index in [1.807, 2.05) is 0 Å². The summed E-state index contributed by atoms with van der Waals surface area (Å²) in [5, 5.41) is 10.3. The molecule has 0 heterocycles. The monoisotopic (exact) mass is 166 g/mol. The molecule has 2 fully saturated rings. The Morgan fingerprint density at radius 1 is 1.08 bits per heavy atom. The van der Waals surface area contributed by atoms with E-state index in [2.05, 4.69) is 6.58 Å². The molecule has 68 valence electrons. The topological polar surface area (TPSA) is 20.2 Å². The lowest BCUT2D eigenvalue weighted by Gasteiger charge is -2.48. The summed E-state index contributed by atoms with van der Waals surface area (Å²) < 4.78 is 0. The predicted octanol–water partition coefficient (Wildman–Crippen LogP) is 2.50. The van der Waals surface area contributed by atoms with Gasteiger partial charge in [-0.05, 0) is 37.5 Å². The van der Waals surface area contributed by atoms with Crippen LogP contribution in [-0.2, 0) is 0 Å². The van der Waals surface area contributed by atoms with Crippen LogP contribution in [0.5, 0.6) is 0 Å². The molecule has 2 rings (SSSR count). The fraction of sp³-hybridized carbons (Fsp3) is 0.818. The molecule has 2 saturated carbocycles. The van der Waals surface area contributed by atoms with Crippen molar-refractivity contribution >= 4 is 0 Å². The molecule has 0 spiro atoms. The highest BCUT2D eigenvalue weighted by molar-refractivity contribution is 5.08. The molecule has 1 nitrogen and oxygen atoms in total. The van der Waals surface area contributed by atoms with Crippen LogP contribution in [0.1, 0.15) is 38.5 Å². The minimum atomic E-state index is -0.503. The molecular formula is C11H18O. The molecule has 0 aromatic heterocycles. The average Bonchev–Trinajstić information content (AvgIpc) is 1.79. The van der Waals surface area contributed by atoms with Gasteiger partial charge in [-0.25, -0.2) is 0 Å². The van der Waals surface area contributed by atoms with E-state index >= 15 is 0 Å². The van der Waals surface area contributed by atoms with Gasteiger partial charge < -0.3 is 5.11 Å². The maximum absolute atomic E-state index is 10.3. The van der Waals surface area contributed by atoms with Crippen LogP contribution in [0, 0.1) is 11.8 Å². The van der Waals surface area contributed by atoms with Gasteiger partial charge in [0, 0.05) is 0 Å². The van der Waals surface area contributed by atoms with Crippen molar-refractivity contribution in [1.82, 2.24) is 0 Å². The zero-order valence-corrected chi connectivity index (χ0v) is 7.63. The summed E-state index contributed by atoms with van der Waals surface area (Å²) in [6, 6.07) is 0. The lowest BCUT2D eigenvalue weighted by molar-refractivity contribution is -0.0802. The van der Waals surface area contributed by atoms with Gasteiger partial charge in [-0.1, -0.05) is 18.9 Å².